The number of anilines is 3. The van der Waals surface area contributed by atoms with Crippen LogP contribution in [-0.4, -0.2) is 15.7 Å². The molecule has 0 atom stereocenters. The van der Waals surface area contributed by atoms with E-state index in [9.17, 15) is 4.79 Å². The molecule has 0 bridgehead atoms. The lowest BCUT2D eigenvalue weighted by Crippen LogP contribution is -2.26. The van der Waals surface area contributed by atoms with Crippen molar-refractivity contribution >= 4 is 33.8 Å². The SMILES string of the molecule is N#Cc1ccc(CN=C(C=CN)c2ccc(N)c(N(N)c3ccc4[nH]c(=O)[nH]c4c3)c2)cc1. The van der Waals surface area contributed by atoms with Crippen LogP contribution < -0.4 is 28.0 Å². The van der Waals surface area contributed by atoms with Crippen LogP contribution in [0.4, 0.5) is 17.1 Å². The molecular formula is C24H22N8O. The Hall–Kier alpha value is -4.81. The van der Waals surface area contributed by atoms with Gasteiger partial charge < -0.3 is 21.4 Å². The summed E-state index contributed by atoms with van der Waals surface area (Å²) < 4.78 is 0. The molecule has 164 valence electrons. The summed E-state index contributed by atoms with van der Waals surface area (Å²) >= 11 is 0. The average Bonchev–Trinajstić information content (AvgIpc) is 3.21. The zero-order chi connectivity index (χ0) is 23.4. The van der Waals surface area contributed by atoms with E-state index in [1.807, 2.05) is 24.3 Å². The number of hydrogen-bond donors (Lipinski definition) is 5. The number of nitrogens with zero attached hydrogens (tertiary/aromatic N) is 3. The van der Waals surface area contributed by atoms with Crippen molar-refractivity contribution < 1.29 is 0 Å². The maximum Gasteiger partial charge on any atom is 0.323 e. The summed E-state index contributed by atoms with van der Waals surface area (Å²) in [4.78, 5) is 21.7. The van der Waals surface area contributed by atoms with E-state index in [1.165, 1.54) is 11.2 Å². The average molecular weight is 438 g/mol. The number of aromatic amines is 2. The van der Waals surface area contributed by atoms with E-state index in [4.69, 9.17) is 22.6 Å². The number of aliphatic imine (C=N–C) groups is 1. The largest absolute Gasteiger partial charge is 0.405 e. The number of benzene rings is 3. The van der Waals surface area contributed by atoms with Gasteiger partial charge in [-0.25, -0.2) is 10.6 Å². The van der Waals surface area contributed by atoms with E-state index in [2.05, 4.69) is 21.0 Å². The highest BCUT2D eigenvalue weighted by Gasteiger charge is 2.13. The fourth-order valence-electron chi connectivity index (χ4n) is 3.41. The number of nitrogens with one attached hydrogen (secondary N) is 2. The van der Waals surface area contributed by atoms with Gasteiger partial charge in [0.2, 0.25) is 0 Å². The van der Waals surface area contributed by atoms with E-state index in [-0.39, 0.29) is 5.69 Å². The number of allylic oxidation sites excluding steroid dienone is 1. The van der Waals surface area contributed by atoms with Crippen LogP contribution in [0.2, 0.25) is 0 Å². The second-order valence-electron chi connectivity index (χ2n) is 7.32. The van der Waals surface area contributed by atoms with Gasteiger partial charge in [0.05, 0.1) is 52.0 Å². The van der Waals surface area contributed by atoms with Crippen molar-refractivity contribution in [1.82, 2.24) is 9.97 Å². The zero-order valence-corrected chi connectivity index (χ0v) is 17.6. The summed E-state index contributed by atoms with van der Waals surface area (Å²) in [5, 5.41) is 10.4. The third-order valence-corrected chi connectivity index (χ3v) is 5.13. The standard InChI is InChI=1S/C24H22N8O/c25-10-9-20(29-14-16-3-1-15(13-26)2-4-16)17-5-7-19(27)23(11-17)32(28)18-6-8-21-22(12-18)31-24(33)30-21/h1-12H,14,25,27-28H2,(H2,30,31,33). The number of rotatable bonds is 6. The third kappa shape index (κ3) is 4.61. The zero-order valence-electron chi connectivity index (χ0n) is 17.6. The van der Waals surface area contributed by atoms with Gasteiger partial charge in [-0.3, -0.25) is 10.0 Å². The van der Waals surface area contributed by atoms with Crippen LogP contribution in [0.5, 0.6) is 0 Å². The summed E-state index contributed by atoms with van der Waals surface area (Å²) in [6, 6.07) is 20.1. The van der Waals surface area contributed by atoms with Gasteiger partial charge in [-0.05, 0) is 60.3 Å². The predicted octanol–water partition coefficient (Wildman–Crippen LogP) is 2.78. The Morgan fingerprint density at radius 2 is 1.82 bits per heavy atom. The molecule has 8 N–H and O–H groups in total. The maximum atomic E-state index is 11.6. The van der Waals surface area contributed by atoms with Crippen molar-refractivity contribution in [1.29, 1.82) is 5.26 Å². The highest BCUT2D eigenvalue weighted by atomic mass is 16.1. The topological polar surface area (TPSA) is 166 Å². The minimum atomic E-state index is -0.288. The van der Waals surface area contributed by atoms with Crippen molar-refractivity contribution in [2.75, 3.05) is 10.7 Å². The molecule has 0 saturated carbocycles. The number of hydrogen-bond acceptors (Lipinski definition) is 7. The van der Waals surface area contributed by atoms with E-state index in [0.717, 1.165) is 11.1 Å². The number of nitrogen functional groups attached to an aromatic ring is 1. The van der Waals surface area contributed by atoms with Gasteiger partial charge >= 0.3 is 5.69 Å². The molecule has 0 radical (unpaired) electrons. The summed E-state index contributed by atoms with van der Waals surface area (Å²) in [5.41, 5.74) is 17.6. The van der Waals surface area contributed by atoms with Gasteiger partial charge in [-0.1, -0.05) is 18.2 Å². The van der Waals surface area contributed by atoms with Crippen LogP contribution >= 0.6 is 0 Å². The van der Waals surface area contributed by atoms with Gasteiger partial charge in [-0.15, -0.1) is 0 Å². The number of H-pyrrole nitrogens is 2. The van der Waals surface area contributed by atoms with Crippen molar-refractivity contribution in [2.24, 2.45) is 16.6 Å². The number of nitriles is 1. The molecule has 4 aromatic rings. The number of imidazole rings is 1. The van der Waals surface area contributed by atoms with Gasteiger partial charge in [0.1, 0.15) is 0 Å². The van der Waals surface area contributed by atoms with Gasteiger partial charge in [0, 0.05) is 5.56 Å². The highest BCUT2D eigenvalue weighted by Crippen LogP contribution is 2.30. The van der Waals surface area contributed by atoms with Crippen LogP contribution in [0, 0.1) is 11.3 Å². The number of aromatic nitrogens is 2. The van der Waals surface area contributed by atoms with Crippen LogP contribution in [0.3, 0.4) is 0 Å². The minimum Gasteiger partial charge on any atom is -0.405 e. The van der Waals surface area contributed by atoms with E-state index in [0.29, 0.717) is 45.9 Å². The lowest BCUT2D eigenvalue weighted by atomic mass is 10.1. The highest BCUT2D eigenvalue weighted by molar-refractivity contribution is 6.09. The molecular weight excluding hydrogens is 416 g/mol. The first-order valence-electron chi connectivity index (χ1n) is 10.1. The number of fused-ring (bicyclic) bond motifs is 1. The molecule has 9 heteroatoms. The third-order valence-electron chi connectivity index (χ3n) is 5.13. The van der Waals surface area contributed by atoms with E-state index in [1.54, 1.807) is 42.5 Å². The number of hydrazine groups is 1. The van der Waals surface area contributed by atoms with Gasteiger partial charge in [0.15, 0.2) is 0 Å². The molecule has 0 saturated heterocycles. The first kappa shape index (κ1) is 21.4. The summed E-state index contributed by atoms with van der Waals surface area (Å²) in [6.45, 7) is 0.412. The van der Waals surface area contributed by atoms with Crippen molar-refractivity contribution in [2.45, 2.75) is 6.54 Å². The minimum absolute atomic E-state index is 0.288. The van der Waals surface area contributed by atoms with Gasteiger partial charge in [0.25, 0.3) is 0 Å². The predicted molar refractivity (Wildman–Crippen MR) is 131 cm³/mol. The van der Waals surface area contributed by atoms with Crippen LogP contribution in [0.15, 0.2) is 82.7 Å². The van der Waals surface area contributed by atoms with Crippen LogP contribution in [0.1, 0.15) is 16.7 Å². The summed E-state index contributed by atoms with van der Waals surface area (Å²) in [5.74, 6) is 6.39. The molecule has 0 aliphatic heterocycles. The first-order valence-corrected chi connectivity index (χ1v) is 10.1. The van der Waals surface area contributed by atoms with Gasteiger partial charge in [-0.2, -0.15) is 5.26 Å². The van der Waals surface area contributed by atoms with Crippen LogP contribution in [-0.2, 0) is 6.54 Å². The fraction of sp³-hybridized carbons (Fsp3) is 0.0417. The first-order chi connectivity index (χ1) is 16.0. The molecule has 33 heavy (non-hydrogen) atoms. The molecule has 0 aliphatic carbocycles. The molecule has 1 heterocycles. The molecule has 0 unspecified atom stereocenters. The second-order valence-corrected chi connectivity index (χ2v) is 7.32. The van der Waals surface area contributed by atoms with Crippen molar-refractivity contribution in [3.8, 4) is 6.07 Å². The Morgan fingerprint density at radius 1 is 1.06 bits per heavy atom. The van der Waals surface area contributed by atoms with E-state index < -0.39 is 0 Å². The molecule has 0 spiro atoms. The summed E-state index contributed by atoms with van der Waals surface area (Å²) in [6.07, 6.45) is 3.13. The van der Waals surface area contributed by atoms with Crippen LogP contribution in [0.25, 0.3) is 11.0 Å². The monoisotopic (exact) mass is 438 g/mol. The Morgan fingerprint density at radius 3 is 2.55 bits per heavy atom. The van der Waals surface area contributed by atoms with Crippen molar-refractivity contribution in [3.05, 3.63) is 100 Å². The lowest BCUT2D eigenvalue weighted by molar-refractivity contribution is 1.07. The molecule has 1 aromatic heterocycles. The smallest absolute Gasteiger partial charge is 0.323 e. The maximum absolute atomic E-state index is 11.6. The Bertz CT molecular complexity index is 1450. The normalized spacial score (nSPS) is 11.7. The summed E-state index contributed by atoms with van der Waals surface area (Å²) in [7, 11) is 0. The molecule has 0 aliphatic rings. The molecule has 4 rings (SSSR count). The molecule has 3 aromatic carbocycles. The Labute approximate surface area is 189 Å². The van der Waals surface area contributed by atoms with Crippen molar-refractivity contribution in [3.63, 3.8) is 0 Å². The Balaban J connectivity index is 1.66. The van der Waals surface area contributed by atoms with E-state index >= 15 is 0 Å². The molecule has 0 fully saturated rings. The lowest BCUT2D eigenvalue weighted by Gasteiger charge is -2.21. The Kier molecular flexibility index (Phi) is 5.93. The molecule has 0 amide bonds. The number of nitrogens with two attached hydrogens (primary N) is 3. The second kappa shape index (κ2) is 9.13. The quantitative estimate of drug-likeness (QED) is 0.134. The fourth-order valence-corrected chi connectivity index (χ4v) is 3.41. The molecule has 9 nitrogen and oxygen atoms in total.